The number of para-hydroxylation sites is 1. The van der Waals surface area contributed by atoms with Crippen LogP contribution in [-0.2, 0) is 6.42 Å². The van der Waals surface area contributed by atoms with E-state index in [1.165, 1.54) is 22.2 Å². The van der Waals surface area contributed by atoms with E-state index in [0.29, 0.717) is 0 Å². The van der Waals surface area contributed by atoms with Gasteiger partial charge in [-0.05, 0) is 95.3 Å². The number of rotatable bonds is 5. The van der Waals surface area contributed by atoms with E-state index in [-0.39, 0.29) is 12.3 Å². The highest BCUT2D eigenvalue weighted by Gasteiger charge is 2.26. The standard InChI is InChI=1S/C51H36N4O2/c1-3-12-31(13-4-1)49-52-50(32-14-5-2-6-15-32)54-51(53-49)34-22-25-39-47(29-34)57-46-21-11-18-36(48(39)46)33-23-26-44-40(28-33)41-30-35(24-27-45(41)56-44)55-42-19-9-7-16-37(42)38-17-8-10-20-43(38)55/h1-7,9-16,18-30,49,51,53H,8,17H2,(H,52,54). The van der Waals surface area contributed by atoms with Crippen molar-refractivity contribution in [3.05, 3.63) is 192 Å². The minimum atomic E-state index is -0.281. The number of nitrogens with one attached hydrogen (secondary N) is 2. The molecule has 1 aliphatic carbocycles. The number of nitrogens with zero attached hydrogens (tertiary/aromatic N) is 2. The van der Waals surface area contributed by atoms with Crippen LogP contribution < -0.4 is 10.6 Å². The molecule has 12 rings (SSSR count). The highest BCUT2D eigenvalue weighted by atomic mass is 16.3. The molecule has 2 atom stereocenters. The maximum Gasteiger partial charge on any atom is 0.136 e. The van der Waals surface area contributed by atoms with Crippen LogP contribution in [0.5, 0.6) is 0 Å². The maximum absolute atomic E-state index is 6.63. The summed E-state index contributed by atoms with van der Waals surface area (Å²) in [5.41, 5.74) is 14.0. The van der Waals surface area contributed by atoms with Crippen LogP contribution in [0.2, 0.25) is 0 Å². The van der Waals surface area contributed by atoms with Gasteiger partial charge in [0.2, 0.25) is 0 Å². The fourth-order valence-electron chi connectivity index (χ4n) is 9.08. The zero-order valence-corrected chi connectivity index (χ0v) is 30.9. The van der Waals surface area contributed by atoms with Gasteiger partial charge in [-0.25, -0.2) is 4.99 Å². The number of aromatic nitrogens is 1. The molecular formula is C51H36N4O2. The zero-order valence-electron chi connectivity index (χ0n) is 30.9. The lowest BCUT2D eigenvalue weighted by Crippen LogP contribution is -2.44. The zero-order chi connectivity index (χ0) is 37.5. The van der Waals surface area contributed by atoms with Crippen LogP contribution in [0.4, 0.5) is 0 Å². The Morgan fingerprint density at radius 3 is 2.26 bits per heavy atom. The van der Waals surface area contributed by atoms with Gasteiger partial charge in [0.25, 0.3) is 0 Å². The van der Waals surface area contributed by atoms with Crippen LogP contribution in [0.1, 0.15) is 46.7 Å². The molecule has 57 heavy (non-hydrogen) atoms. The summed E-state index contributed by atoms with van der Waals surface area (Å²) in [5, 5.41) is 13.0. The van der Waals surface area contributed by atoms with E-state index in [4.69, 9.17) is 13.8 Å². The van der Waals surface area contributed by atoms with Gasteiger partial charge in [0.15, 0.2) is 0 Å². The fraction of sp³-hybridized carbons (Fsp3) is 0.0784. The molecule has 0 amide bonds. The van der Waals surface area contributed by atoms with Crippen LogP contribution in [0.15, 0.2) is 178 Å². The van der Waals surface area contributed by atoms with Crippen molar-refractivity contribution in [1.82, 2.24) is 15.2 Å². The van der Waals surface area contributed by atoms with E-state index in [2.05, 4.69) is 161 Å². The van der Waals surface area contributed by atoms with E-state index in [1.54, 1.807) is 0 Å². The highest BCUT2D eigenvalue weighted by Crippen LogP contribution is 2.41. The summed E-state index contributed by atoms with van der Waals surface area (Å²) in [6, 6.07) is 55.5. The molecule has 10 aromatic rings. The summed E-state index contributed by atoms with van der Waals surface area (Å²) in [6.45, 7) is 0. The molecule has 2 unspecified atom stereocenters. The lowest BCUT2D eigenvalue weighted by Gasteiger charge is -2.32. The molecule has 0 bridgehead atoms. The molecular weight excluding hydrogens is 701 g/mol. The molecule has 2 aliphatic rings. The Morgan fingerprint density at radius 1 is 0.579 bits per heavy atom. The van der Waals surface area contributed by atoms with E-state index in [1.807, 2.05) is 24.3 Å². The van der Waals surface area contributed by atoms with Gasteiger partial charge >= 0.3 is 0 Å². The number of hydrogen-bond acceptors (Lipinski definition) is 5. The molecule has 2 N–H and O–H groups in total. The Kier molecular flexibility index (Phi) is 7.16. The van der Waals surface area contributed by atoms with Gasteiger partial charge in [0.05, 0.1) is 5.52 Å². The first-order valence-electron chi connectivity index (χ1n) is 19.7. The fourth-order valence-corrected chi connectivity index (χ4v) is 9.08. The SMILES string of the molecule is C1=Cc2c(c3ccccc3n2-c2ccc3oc4ccc(-c5cccc6oc7cc(C8N=C(c9ccccc9)NC(c9ccccc9)N8)ccc7c56)cc4c3c2)CC1. The van der Waals surface area contributed by atoms with Crippen molar-refractivity contribution in [1.29, 1.82) is 0 Å². The van der Waals surface area contributed by atoms with Crippen LogP contribution in [0, 0.1) is 0 Å². The number of allylic oxidation sites excluding steroid dienone is 1. The second kappa shape index (κ2) is 12.7. The average Bonchev–Trinajstić information content (AvgIpc) is 3.95. The monoisotopic (exact) mass is 736 g/mol. The van der Waals surface area contributed by atoms with Crippen LogP contribution in [-0.4, -0.2) is 10.4 Å². The molecule has 272 valence electrons. The first-order chi connectivity index (χ1) is 28.2. The van der Waals surface area contributed by atoms with E-state index >= 15 is 0 Å². The van der Waals surface area contributed by atoms with Gasteiger partial charge in [-0.3, -0.25) is 5.32 Å². The Hall–Kier alpha value is -7.15. The quantitative estimate of drug-likeness (QED) is 0.185. The summed E-state index contributed by atoms with van der Waals surface area (Å²) in [5.74, 6) is 0.854. The largest absolute Gasteiger partial charge is 0.456 e. The topological polar surface area (TPSA) is 67.6 Å². The molecule has 6 heteroatoms. The van der Waals surface area contributed by atoms with Crippen molar-refractivity contribution in [2.75, 3.05) is 0 Å². The van der Waals surface area contributed by atoms with Crippen LogP contribution in [0.3, 0.4) is 0 Å². The molecule has 1 aliphatic heterocycles. The normalized spacial score (nSPS) is 16.7. The van der Waals surface area contributed by atoms with E-state index < -0.39 is 0 Å². The first-order valence-corrected chi connectivity index (χ1v) is 19.7. The maximum atomic E-state index is 6.63. The van der Waals surface area contributed by atoms with Gasteiger partial charge in [-0.1, -0.05) is 115 Å². The molecule has 0 saturated heterocycles. The first kappa shape index (κ1) is 32.1. The number of benzene rings is 7. The summed E-state index contributed by atoms with van der Waals surface area (Å²) >= 11 is 0. The van der Waals surface area contributed by atoms with Crippen molar-refractivity contribution in [2.45, 2.75) is 25.2 Å². The number of hydrogen-bond donors (Lipinski definition) is 2. The lowest BCUT2D eigenvalue weighted by molar-refractivity contribution is 0.409. The lowest BCUT2D eigenvalue weighted by atomic mass is 9.97. The third kappa shape index (κ3) is 5.18. The van der Waals surface area contributed by atoms with Gasteiger partial charge in [0, 0.05) is 43.9 Å². The van der Waals surface area contributed by atoms with Gasteiger partial charge in [0.1, 0.15) is 40.5 Å². The molecule has 0 saturated carbocycles. The molecule has 7 aromatic carbocycles. The molecule has 0 spiro atoms. The minimum Gasteiger partial charge on any atom is -0.456 e. The third-order valence-corrected chi connectivity index (χ3v) is 11.8. The van der Waals surface area contributed by atoms with Crippen molar-refractivity contribution < 1.29 is 8.83 Å². The van der Waals surface area contributed by atoms with Crippen molar-refractivity contribution in [3.63, 3.8) is 0 Å². The Morgan fingerprint density at radius 2 is 1.37 bits per heavy atom. The number of furan rings is 2. The number of aliphatic imine (C=N–C) groups is 1. The number of fused-ring (bicyclic) bond motifs is 9. The average molecular weight is 737 g/mol. The van der Waals surface area contributed by atoms with E-state index in [0.717, 1.165) is 96.1 Å². The van der Waals surface area contributed by atoms with Crippen molar-refractivity contribution >= 4 is 66.7 Å². The summed E-state index contributed by atoms with van der Waals surface area (Å²) in [4.78, 5) is 5.17. The molecule has 3 aromatic heterocycles. The second-order valence-electron chi connectivity index (χ2n) is 15.1. The Bertz CT molecular complexity index is 3260. The van der Waals surface area contributed by atoms with Gasteiger partial charge < -0.3 is 18.7 Å². The Labute approximate surface area is 328 Å². The predicted octanol–water partition coefficient (Wildman–Crippen LogP) is 12.4. The summed E-state index contributed by atoms with van der Waals surface area (Å²) in [7, 11) is 0. The number of amidine groups is 1. The van der Waals surface area contributed by atoms with Crippen molar-refractivity contribution in [3.8, 4) is 16.8 Å². The van der Waals surface area contributed by atoms with E-state index in [9.17, 15) is 0 Å². The number of aryl methyl sites for hydroxylation is 1. The molecule has 0 fully saturated rings. The van der Waals surface area contributed by atoms with Crippen LogP contribution in [0.25, 0.3) is 77.7 Å². The van der Waals surface area contributed by atoms with Gasteiger partial charge in [-0.15, -0.1) is 0 Å². The molecule has 6 nitrogen and oxygen atoms in total. The molecule has 0 radical (unpaired) electrons. The smallest absolute Gasteiger partial charge is 0.136 e. The second-order valence-corrected chi connectivity index (χ2v) is 15.1. The minimum absolute atomic E-state index is 0.114. The third-order valence-electron chi connectivity index (χ3n) is 11.8. The predicted molar refractivity (Wildman–Crippen MR) is 232 cm³/mol. The summed E-state index contributed by atoms with van der Waals surface area (Å²) in [6.07, 6.45) is 6.31. The summed E-state index contributed by atoms with van der Waals surface area (Å²) < 4.78 is 15.5. The Balaban J connectivity index is 0.956. The van der Waals surface area contributed by atoms with Gasteiger partial charge in [-0.2, -0.15) is 0 Å². The highest BCUT2D eigenvalue weighted by molar-refractivity contribution is 6.14. The van der Waals surface area contributed by atoms with Crippen LogP contribution >= 0.6 is 0 Å². The van der Waals surface area contributed by atoms with Crippen molar-refractivity contribution in [2.24, 2.45) is 4.99 Å². The molecule has 4 heterocycles.